The van der Waals surface area contributed by atoms with Gasteiger partial charge in [0.25, 0.3) is 5.91 Å². The summed E-state index contributed by atoms with van der Waals surface area (Å²) in [5.74, 6) is -0.331. The van der Waals surface area contributed by atoms with Gasteiger partial charge in [0, 0.05) is 5.56 Å². The van der Waals surface area contributed by atoms with E-state index < -0.39 is 0 Å². The Morgan fingerprint density at radius 2 is 1.87 bits per heavy atom. The van der Waals surface area contributed by atoms with E-state index in [0.29, 0.717) is 22.0 Å². The van der Waals surface area contributed by atoms with Crippen LogP contribution in [0.2, 0.25) is 10.0 Å². The topological polar surface area (TPSA) is 41.5 Å². The van der Waals surface area contributed by atoms with Crippen LogP contribution in [0.15, 0.2) is 59.7 Å². The van der Waals surface area contributed by atoms with Gasteiger partial charge in [0.15, 0.2) is 0 Å². The van der Waals surface area contributed by atoms with Gasteiger partial charge >= 0.3 is 0 Å². The summed E-state index contributed by atoms with van der Waals surface area (Å²) in [6, 6.07) is 14.6. The third-order valence-electron chi connectivity index (χ3n) is 3.11. The number of benzene rings is 2. The third-order valence-corrected chi connectivity index (χ3v) is 3.85. The lowest BCUT2D eigenvalue weighted by Crippen LogP contribution is -2.19. The molecule has 3 nitrogen and oxygen atoms in total. The first-order valence-electron chi connectivity index (χ1n) is 7.15. The number of rotatable bonds is 5. The molecule has 2 aromatic rings. The maximum absolute atomic E-state index is 12.1. The van der Waals surface area contributed by atoms with E-state index in [-0.39, 0.29) is 5.91 Å². The molecule has 0 atom stereocenters. The van der Waals surface area contributed by atoms with Crippen LogP contribution in [0.3, 0.4) is 0 Å². The summed E-state index contributed by atoms with van der Waals surface area (Å²) < 4.78 is 0. The van der Waals surface area contributed by atoms with Crippen LogP contribution in [0.1, 0.15) is 29.3 Å². The Morgan fingerprint density at radius 3 is 2.52 bits per heavy atom. The van der Waals surface area contributed by atoms with Gasteiger partial charge in [-0.2, -0.15) is 5.10 Å². The summed E-state index contributed by atoms with van der Waals surface area (Å²) in [6.45, 7) is 1.97. The molecule has 5 heteroatoms. The smallest absolute Gasteiger partial charge is 0.267 e. The molecule has 0 heterocycles. The van der Waals surface area contributed by atoms with Gasteiger partial charge in [-0.1, -0.05) is 66.5 Å². The van der Waals surface area contributed by atoms with E-state index in [9.17, 15) is 4.79 Å². The average molecular weight is 347 g/mol. The van der Waals surface area contributed by atoms with E-state index in [1.54, 1.807) is 12.1 Å². The summed E-state index contributed by atoms with van der Waals surface area (Å²) >= 11 is 11.7. The van der Waals surface area contributed by atoms with Crippen LogP contribution in [-0.4, -0.2) is 11.6 Å². The predicted molar refractivity (Wildman–Crippen MR) is 97.1 cm³/mol. The zero-order valence-corrected chi connectivity index (χ0v) is 14.1. The first kappa shape index (κ1) is 17.3. The van der Waals surface area contributed by atoms with Crippen LogP contribution in [0.25, 0.3) is 6.08 Å². The van der Waals surface area contributed by atoms with Crippen LogP contribution >= 0.6 is 23.2 Å². The van der Waals surface area contributed by atoms with E-state index in [0.717, 1.165) is 11.3 Å². The molecule has 1 N–H and O–H groups in total. The maximum Gasteiger partial charge on any atom is 0.271 e. The van der Waals surface area contributed by atoms with Gasteiger partial charge in [-0.25, -0.2) is 5.43 Å². The first-order chi connectivity index (χ1) is 11.1. The molecule has 0 unspecified atom stereocenters. The first-order valence-corrected chi connectivity index (χ1v) is 7.91. The maximum atomic E-state index is 12.1. The highest BCUT2D eigenvalue weighted by Crippen LogP contribution is 2.22. The van der Waals surface area contributed by atoms with Crippen molar-refractivity contribution in [2.45, 2.75) is 13.3 Å². The van der Waals surface area contributed by atoms with Crippen LogP contribution in [0.4, 0.5) is 0 Å². The summed E-state index contributed by atoms with van der Waals surface area (Å²) in [4.78, 5) is 12.1. The molecule has 1 amide bonds. The van der Waals surface area contributed by atoms with E-state index >= 15 is 0 Å². The predicted octanol–water partition coefficient (Wildman–Crippen LogP) is 5.20. The second-order valence-electron chi connectivity index (χ2n) is 4.77. The lowest BCUT2D eigenvalue weighted by molar-refractivity contribution is 0.0955. The summed E-state index contributed by atoms with van der Waals surface area (Å²) in [5, 5.41) is 4.89. The van der Waals surface area contributed by atoms with E-state index in [1.807, 2.05) is 49.4 Å². The zero-order valence-electron chi connectivity index (χ0n) is 12.6. The molecular formula is C18H16Cl2N2O. The Labute approximate surface area is 145 Å². The van der Waals surface area contributed by atoms with Crippen LogP contribution in [0.5, 0.6) is 0 Å². The van der Waals surface area contributed by atoms with Crippen LogP contribution in [0, 0.1) is 0 Å². The van der Waals surface area contributed by atoms with Gasteiger partial charge in [-0.05, 0) is 36.3 Å². The second kappa shape index (κ2) is 8.51. The van der Waals surface area contributed by atoms with E-state index in [1.165, 1.54) is 6.07 Å². The highest BCUT2D eigenvalue weighted by molar-refractivity contribution is 6.42. The number of hydrazone groups is 1. The quantitative estimate of drug-likeness (QED) is 0.586. The molecular weight excluding hydrogens is 331 g/mol. The molecule has 0 bridgehead atoms. The fourth-order valence-corrected chi connectivity index (χ4v) is 2.11. The molecule has 118 valence electrons. The number of nitrogens with one attached hydrogen (secondary N) is 1. The molecule has 0 aliphatic rings. The largest absolute Gasteiger partial charge is 0.271 e. The Morgan fingerprint density at radius 1 is 1.13 bits per heavy atom. The van der Waals surface area contributed by atoms with Gasteiger partial charge in [0.1, 0.15) is 0 Å². The van der Waals surface area contributed by atoms with Crippen molar-refractivity contribution in [3.8, 4) is 0 Å². The average Bonchev–Trinajstić information content (AvgIpc) is 2.58. The minimum absolute atomic E-state index is 0.331. The fraction of sp³-hybridized carbons (Fsp3) is 0.111. The van der Waals surface area contributed by atoms with Crippen LogP contribution < -0.4 is 5.43 Å². The number of hydrogen-bond acceptors (Lipinski definition) is 2. The number of nitrogens with zero attached hydrogens (tertiary/aromatic N) is 1. The Balaban J connectivity index is 2.05. The number of carbonyl (C=O) groups is 1. The molecule has 2 rings (SSSR count). The molecule has 0 aliphatic carbocycles. The monoisotopic (exact) mass is 346 g/mol. The minimum Gasteiger partial charge on any atom is -0.267 e. The lowest BCUT2D eigenvalue weighted by Gasteiger charge is -2.03. The van der Waals surface area contributed by atoms with Gasteiger partial charge in [-0.15, -0.1) is 0 Å². The molecule has 2 aromatic carbocycles. The van der Waals surface area contributed by atoms with Crippen LogP contribution in [-0.2, 0) is 0 Å². The summed E-state index contributed by atoms with van der Waals surface area (Å²) in [6.07, 6.45) is 4.53. The highest BCUT2D eigenvalue weighted by atomic mass is 35.5. The van der Waals surface area contributed by atoms with Gasteiger partial charge in [0.2, 0.25) is 0 Å². The van der Waals surface area contributed by atoms with Gasteiger partial charge in [0.05, 0.1) is 15.8 Å². The lowest BCUT2D eigenvalue weighted by atomic mass is 10.2. The molecule has 0 fully saturated rings. The molecule has 0 aromatic heterocycles. The molecule has 0 saturated carbocycles. The van der Waals surface area contributed by atoms with E-state index in [2.05, 4.69) is 10.5 Å². The van der Waals surface area contributed by atoms with Crippen molar-refractivity contribution in [3.05, 3.63) is 75.8 Å². The molecule has 0 spiro atoms. The molecule has 0 saturated heterocycles. The standard InChI is InChI=1S/C18H16Cl2N2O/c1-2-15(10-8-13-6-4-3-5-7-13)21-22-18(23)14-9-11-16(19)17(20)12-14/h3-12H,2H2,1H3,(H,22,23)/b10-8-,21-15-. The fourth-order valence-electron chi connectivity index (χ4n) is 1.82. The van der Waals surface area contributed by atoms with Crippen molar-refractivity contribution in [2.24, 2.45) is 5.10 Å². The van der Waals surface area contributed by atoms with Crippen molar-refractivity contribution >= 4 is 40.9 Å². The molecule has 0 radical (unpaired) electrons. The molecule has 23 heavy (non-hydrogen) atoms. The van der Waals surface area contributed by atoms with Gasteiger partial charge in [-0.3, -0.25) is 4.79 Å². The number of amides is 1. The number of carbonyl (C=O) groups excluding carboxylic acids is 1. The summed E-state index contributed by atoms with van der Waals surface area (Å²) in [5.41, 5.74) is 4.78. The minimum atomic E-state index is -0.331. The Kier molecular flexibility index (Phi) is 6.39. The van der Waals surface area contributed by atoms with Crippen molar-refractivity contribution in [1.29, 1.82) is 0 Å². The number of allylic oxidation sites excluding steroid dienone is 1. The van der Waals surface area contributed by atoms with Crippen molar-refractivity contribution < 1.29 is 4.79 Å². The summed E-state index contributed by atoms with van der Waals surface area (Å²) in [7, 11) is 0. The third kappa shape index (κ3) is 5.23. The Hall–Kier alpha value is -2.10. The number of halogens is 2. The highest BCUT2D eigenvalue weighted by Gasteiger charge is 2.07. The van der Waals surface area contributed by atoms with Crippen molar-refractivity contribution in [3.63, 3.8) is 0 Å². The van der Waals surface area contributed by atoms with Gasteiger partial charge < -0.3 is 0 Å². The zero-order chi connectivity index (χ0) is 16.7. The van der Waals surface area contributed by atoms with Crippen molar-refractivity contribution in [2.75, 3.05) is 0 Å². The number of hydrogen-bond donors (Lipinski definition) is 1. The molecule has 0 aliphatic heterocycles. The van der Waals surface area contributed by atoms with E-state index in [4.69, 9.17) is 23.2 Å². The Bertz CT molecular complexity index is 740. The normalized spacial score (nSPS) is 11.7. The SMILES string of the molecule is CCC(/C=C\c1ccccc1)=N/NC(=O)c1ccc(Cl)c(Cl)c1. The van der Waals surface area contributed by atoms with Crippen molar-refractivity contribution in [1.82, 2.24) is 5.43 Å². The second-order valence-corrected chi connectivity index (χ2v) is 5.58.